The molecule has 4 aromatic heterocycles. The van der Waals surface area contributed by atoms with Crippen LogP contribution in [0.25, 0.3) is 33.4 Å². The number of carbonyl (C=O) groups is 3. The van der Waals surface area contributed by atoms with Gasteiger partial charge in [0.25, 0.3) is 5.91 Å². The Balaban J connectivity index is 1.20. The number of thiazole rings is 1. The number of fused-ring (bicyclic) bond motifs is 6. The molecule has 6 bridgehead atoms. The zero-order valence-corrected chi connectivity index (χ0v) is 33.4. The van der Waals surface area contributed by atoms with Gasteiger partial charge in [0.2, 0.25) is 5.91 Å². The number of nitrogens with zero attached hydrogens (tertiary/aromatic N) is 5. The molecular weight excluding hydrogens is 727 g/mol. The van der Waals surface area contributed by atoms with Gasteiger partial charge in [-0.15, -0.1) is 11.3 Å². The van der Waals surface area contributed by atoms with E-state index in [1.807, 2.05) is 30.5 Å². The van der Waals surface area contributed by atoms with Crippen molar-refractivity contribution in [3.8, 4) is 22.5 Å². The molecule has 292 valence electrons. The van der Waals surface area contributed by atoms with Crippen LogP contribution >= 0.6 is 11.3 Å². The van der Waals surface area contributed by atoms with Crippen molar-refractivity contribution in [1.82, 2.24) is 35.3 Å². The first-order valence-corrected chi connectivity index (χ1v) is 20.5. The summed E-state index contributed by atoms with van der Waals surface area (Å²) >= 11 is 1.47. The molecule has 5 atom stereocenters. The molecule has 2 amide bonds. The van der Waals surface area contributed by atoms with E-state index in [2.05, 4.69) is 65.3 Å². The topological polar surface area (TPSA) is 141 Å². The van der Waals surface area contributed by atoms with E-state index >= 15 is 0 Å². The Bertz CT molecular complexity index is 2270. The fourth-order valence-corrected chi connectivity index (χ4v) is 9.14. The van der Waals surface area contributed by atoms with E-state index in [9.17, 15) is 14.4 Å². The second-order valence-corrected chi connectivity index (χ2v) is 16.9. The number of hydrogen-bond donors (Lipinski definition) is 2. The lowest BCUT2D eigenvalue weighted by Gasteiger charge is -2.35. The predicted octanol–water partition coefficient (Wildman–Crippen LogP) is 6.40. The third kappa shape index (κ3) is 7.47. The molecule has 56 heavy (non-hydrogen) atoms. The van der Waals surface area contributed by atoms with E-state index in [0.717, 1.165) is 61.8 Å². The highest BCUT2D eigenvalue weighted by molar-refractivity contribution is 7.10. The molecule has 6 heterocycles. The number of pyridine rings is 2. The van der Waals surface area contributed by atoms with E-state index in [4.69, 9.17) is 19.4 Å². The number of aryl methyl sites for hydroxylation is 1. The summed E-state index contributed by atoms with van der Waals surface area (Å²) in [5.41, 5.74) is 10.6. The average Bonchev–Trinajstić information content (AvgIpc) is 3.80. The van der Waals surface area contributed by atoms with E-state index in [-0.39, 0.29) is 42.8 Å². The Morgan fingerprint density at radius 2 is 2.02 bits per heavy atom. The number of nitrogens with one attached hydrogen (secondary N) is 2. The normalized spacial score (nSPS) is 23.0. The van der Waals surface area contributed by atoms with Crippen molar-refractivity contribution in [2.24, 2.45) is 11.3 Å². The minimum absolute atomic E-state index is 0.0667. The lowest BCUT2D eigenvalue weighted by Crippen LogP contribution is -2.60. The zero-order chi connectivity index (χ0) is 39.1. The van der Waals surface area contributed by atoms with E-state index < -0.39 is 23.5 Å². The average molecular weight is 776 g/mol. The molecule has 1 aliphatic carbocycles. The lowest BCUT2D eigenvalue weighted by atomic mass is 9.84. The summed E-state index contributed by atoms with van der Waals surface area (Å²) in [6.45, 7) is 9.71. The Labute approximate surface area is 331 Å². The first kappa shape index (κ1) is 37.9. The number of benzene rings is 1. The summed E-state index contributed by atoms with van der Waals surface area (Å²) in [4.78, 5) is 55.7. The molecule has 1 aromatic carbocycles. The molecule has 13 heteroatoms. The molecule has 0 radical (unpaired) electrons. The minimum atomic E-state index is -0.880. The highest BCUT2D eigenvalue weighted by Crippen LogP contribution is 2.47. The first-order valence-electron chi connectivity index (χ1n) is 19.6. The molecule has 2 aliphatic heterocycles. The quantitative estimate of drug-likeness (QED) is 0.180. The Morgan fingerprint density at radius 1 is 1.18 bits per heavy atom. The monoisotopic (exact) mass is 775 g/mol. The summed E-state index contributed by atoms with van der Waals surface area (Å²) in [6, 6.07) is 12.8. The van der Waals surface area contributed by atoms with Gasteiger partial charge in [-0.3, -0.25) is 29.4 Å². The number of amides is 2. The Morgan fingerprint density at radius 3 is 2.80 bits per heavy atom. The fraction of sp³-hybridized carbons (Fsp3) is 0.442. The number of hydrazine groups is 1. The molecule has 8 rings (SSSR count). The third-order valence-electron chi connectivity index (χ3n) is 11.4. The van der Waals surface area contributed by atoms with Crippen molar-refractivity contribution in [1.29, 1.82) is 0 Å². The van der Waals surface area contributed by atoms with Gasteiger partial charge in [-0.1, -0.05) is 26.0 Å². The summed E-state index contributed by atoms with van der Waals surface area (Å²) in [7, 11) is 1.70. The van der Waals surface area contributed by atoms with E-state index in [0.29, 0.717) is 32.2 Å². The maximum atomic E-state index is 14.3. The summed E-state index contributed by atoms with van der Waals surface area (Å²) in [5, 5.41) is 8.42. The van der Waals surface area contributed by atoms with Gasteiger partial charge in [0, 0.05) is 84.0 Å². The largest absolute Gasteiger partial charge is 0.464 e. The number of carbonyl (C=O) groups excluding carboxylic acids is 3. The highest BCUT2D eigenvalue weighted by atomic mass is 32.1. The number of rotatable bonds is 7. The van der Waals surface area contributed by atoms with E-state index in [1.54, 1.807) is 25.7 Å². The summed E-state index contributed by atoms with van der Waals surface area (Å²) in [5.74, 6) is -1.05. The van der Waals surface area contributed by atoms with Crippen LogP contribution in [0.4, 0.5) is 0 Å². The molecule has 1 saturated heterocycles. The first-order chi connectivity index (χ1) is 27.0. The molecule has 12 nitrogen and oxygen atoms in total. The molecule has 0 spiro atoms. The van der Waals surface area contributed by atoms with Gasteiger partial charge in [0.1, 0.15) is 12.1 Å². The zero-order valence-electron chi connectivity index (χ0n) is 32.6. The van der Waals surface area contributed by atoms with Crippen LogP contribution in [0.2, 0.25) is 0 Å². The minimum Gasteiger partial charge on any atom is -0.464 e. The van der Waals surface area contributed by atoms with Gasteiger partial charge in [-0.2, -0.15) is 0 Å². The maximum absolute atomic E-state index is 14.3. The van der Waals surface area contributed by atoms with Crippen LogP contribution in [0, 0.1) is 11.3 Å². The van der Waals surface area contributed by atoms with Gasteiger partial charge >= 0.3 is 5.97 Å². The standard InChI is InChI=1S/C43H49N7O5S/c1-6-49-36-14-13-26-18-30(36)32(39(49)28-11-8-16-45-38(28)25(2)54-5)21-43(3,4)24-55-42(53)33-12-9-17-50(48-33)41(52)34(20-37-46-35(26)23-56-37)47-40(51)31-19-29(31)27-10-7-15-44-22-27/h7-8,10-11,13-16,18,22-23,25,29,31,33-34,48H,6,9,12,17,19-21,24H2,1-5H3,(H,47,51)/t25-,29-,31+,33-,34-/m0/s1. The van der Waals surface area contributed by atoms with Crippen molar-refractivity contribution in [2.75, 3.05) is 20.3 Å². The van der Waals surface area contributed by atoms with E-state index in [1.165, 1.54) is 16.3 Å². The van der Waals surface area contributed by atoms with Gasteiger partial charge < -0.3 is 19.4 Å². The van der Waals surface area contributed by atoms with Crippen LogP contribution in [0.5, 0.6) is 0 Å². The van der Waals surface area contributed by atoms with Crippen molar-refractivity contribution in [3.63, 3.8) is 0 Å². The Kier molecular flexibility index (Phi) is 10.5. The SMILES string of the molecule is CCn1c(-c2cccnc2[C@H](C)OC)c2c3cc(ccc31)-c1csc(n1)C[C@H](NC(=O)[C@@H]1C[C@H]1c1cccnc1)C(=O)N1CCC[C@H](N1)C(=O)OCC(C)(C)C2. The van der Waals surface area contributed by atoms with Gasteiger partial charge in [-0.05, 0) is 86.9 Å². The molecule has 3 aliphatic rings. The number of aromatic nitrogens is 4. The maximum Gasteiger partial charge on any atom is 0.324 e. The number of hydrogen-bond acceptors (Lipinski definition) is 10. The number of ether oxygens (including phenoxy) is 2. The van der Waals surface area contributed by atoms with Crippen molar-refractivity contribution in [3.05, 3.63) is 88.3 Å². The summed E-state index contributed by atoms with van der Waals surface area (Å²) < 4.78 is 14.2. The van der Waals surface area contributed by atoms with Crippen LogP contribution in [0.1, 0.15) is 80.8 Å². The van der Waals surface area contributed by atoms with Gasteiger partial charge in [-0.25, -0.2) is 10.4 Å². The van der Waals surface area contributed by atoms with Crippen molar-refractivity contribution >= 4 is 40.0 Å². The molecule has 2 N–H and O–H groups in total. The number of methoxy groups -OCH3 is 1. The number of esters is 1. The van der Waals surface area contributed by atoms with Crippen molar-refractivity contribution in [2.45, 2.75) is 90.4 Å². The molecule has 1 saturated carbocycles. The van der Waals surface area contributed by atoms with Crippen LogP contribution in [-0.2, 0) is 43.2 Å². The van der Waals surface area contributed by atoms with Crippen LogP contribution in [0.3, 0.4) is 0 Å². The second-order valence-electron chi connectivity index (χ2n) is 16.0. The number of cyclic esters (lactones) is 1. The van der Waals surface area contributed by atoms with Crippen LogP contribution < -0.4 is 10.7 Å². The lowest BCUT2D eigenvalue weighted by molar-refractivity contribution is -0.155. The predicted molar refractivity (Wildman–Crippen MR) is 214 cm³/mol. The van der Waals surface area contributed by atoms with Crippen LogP contribution in [-0.4, -0.2) is 74.7 Å². The van der Waals surface area contributed by atoms with Crippen LogP contribution in [0.15, 0.2) is 66.4 Å². The molecule has 2 fully saturated rings. The summed E-state index contributed by atoms with van der Waals surface area (Å²) in [6.07, 6.45) is 7.77. The Hall–Kier alpha value is -4.98. The van der Waals surface area contributed by atoms with Gasteiger partial charge in [0.05, 0.1) is 34.8 Å². The molecular formula is C43H49N7O5S. The second kappa shape index (κ2) is 15.5. The molecule has 0 unspecified atom stereocenters. The van der Waals surface area contributed by atoms with Crippen molar-refractivity contribution < 1.29 is 23.9 Å². The third-order valence-corrected chi connectivity index (χ3v) is 12.3. The highest BCUT2D eigenvalue weighted by Gasteiger charge is 2.45. The molecule has 5 aromatic rings. The fourth-order valence-electron chi connectivity index (χ4n) is 8.29. The van der Waals surface area contributed by atoms with Gasteiger partial charge in [0.15, 0.2) is 0 Å². The smallest absolute Gasteiger partial charge is 0.324 e.